The third-order valence-corrected chi connectivity index (χ3v) is 3.19. The highest BCUT2D eigenvalue weighted by Gasteiger charge is 2.32. The van der Waals surface area contributed by atoms with E-state index in [-0.39, 0.29) is 10.8 Å². The SMILES string of the molecule is CC(C)(C)C1=CC(C(C)(C)C)=C(N=O)C(O)C1. The fourth-order valence-electron chi connectivity index (χ4n) is 2.02. The molecule has 0 heterocycles. The van der Waals surface area contributed by atoms with Gasteiger partial charge in [0.1, 0.15) is 11.8 Å². The van der Waals surface area contributed by atoms with Crippen LogP contribution in [0.15, 0.2) is 28.1 Å². The molecule has 0 bridgehead atoms. The molecule has 0 aliphatic heterocycles. The Bertz CT molecular complexity index is 378. The summed E-state index contributed by atoms with van der Waals surface area (Å²) in [5.41, 5.74) is 2.15. The van der Waals surface area contributed by atoms with E-state index in [1.54, 1.807) is 0 Å². The minimum absolute atomic E-state index is 0.00585. The van der Waals surface area contributed by atoms with Crippen LogP contribution in [-0.4, -0.2) is 11.2 Å². The van der Waals surface area contributed by atoms with Crippen LogP contribution in [0.4, 0.5) is 0 Å². The lowest BCUT2D eigenvalue weighted by Crippen LogP contribution is -2.26. The number of aliphatic hydroxyl groups is 1. The van der Waals surface area contributed by atoms with Crippen molar-refractivity contribution >= 4 is 0 Å². The van der Waals surface area contributed by atoms with Crippen LogP contribution in [0.2, 0.25) is 0 Å². The van der Waals surface area contributed by atoms with Gasteiger partial charge in [0.15, 0.2) is 0 Å². The molecule has 1 unspecified atom stereocenters. The summed E-state index contributed by atoms with van der Waals surface area (Å²) >= 11 is 0. The fourth-order valence-corrected chi connectivity index (χ4v) is 2.02. The highest BCUT2D eigenvalue weighted by molar-refractivity contribution is 5.40. The molecule has 3 heteroatoms. The van der Waals surface area contributed by atoms with Crippen molar-refractivity contribution in [3.8, 4) is 0 Å². The molecule has 0 aromatic heterocycles. The molecular weight excluding hydrogens is 214 g/mol. The highest BCUT2D eigenvalue weighted by Crippen LogP contribution is 2.41. The summed E-state index contributed by atoms with van der Waals surface area (Å²) in [6.45, 7) is 12.4. The van der Waals surface area contributed by atoms with Gasteiger partial charge in [0.2, 0.25) is 0 Å². The van der Waals surface area contributed by atoms with Crippen molar-refractivity contribution < 1.29 is 5.11 Å². The monoisotopic (exact) mass is 237 g/mol. The third-order valence-electron chi connectivity index (χ3n) is 3.19. The number of nitroso groups, excluding NO2 is 1. The first-order valence-corrected chi connectivity index (χ1v) is 6.04. The highest BCUT2D eigenvalue weighted by atomic mass is 16.3. The third kappa shape index (κ3) is 3.03. The van der Waals surface area contributed by atoms with Gasteiger partial charge in [-0.1, -0.05) is 53.2 Å². The molecule has 1 aliphatic rings. The number of hydrogen-bond acceptors (Lipinski definition) is 3. The van der Waals surface area contributed by atoms with Crippen LogP contribution in [0, 0.1) is 15.7 Å². The minimum Gasteiger partial charge on any atom is -0.386 e. The molecule has 0 amide bonds. The summed E-state index contributed by atoms with van der Waals surface area (Å²) in [6, 6.07) is 0. The Kier molecular flexibility index (Phi) is 3.63. The molecule has 0 radical (unpaired) electrons. The first-order chi connectivity index (χ1) is 7.57. The molecule has 1 atom stereocenters. The van der Waals surface area contributed by atoms with Crippen molar-refractivity contribution in [3.05, 3.63) is 27.8 Å². The van der Waals surface area contributed by atoms with E-state index in [0.29, 0.717) is 12.1 Å². The summed E-state index contributed by atoms with van der Waals surface area (Å²) < 4.78 is 0. The number of hydrogen-bond donors (Lipinski definition) is 1. The minimum atomic E-state index is -0.763. The average molecular weight is 237 g/mol. The topological polar surface area (TPSA) is 49.7 Å². The summed E-state index contributed by atoms with van der Waals surface area (Å²) in [7, 11) is 0. The van der Waals surface area contributed by atoms with Crippen LogP contribution in [-0.2, 0) is 0 Å². The van der Waals surface area contributed by atoms with Crippen LogP contribution < -0.4 is 0 Å². The summed E-state index contributed by atoms with van der Waals surface area (Å²) in [6.07, 6.45) is 1.79. The molecule has 0 aromatic rings. The van der Waals surface area contributed by atoms with E-state index >= 15 is 0 Å². The standard InChI is InChI=1S/C14H23NO2/c1-13(2,3)9-7-10(14(4,5)6)12(15-17)11(16)8-9/h7,11,16H,8H2,1-6H3. The van der Waals surface area contributed by atoms with E-state index in [1.807, 2.05) is 26.8 Å². The summed E-state index contributed by atoms with van der Waals surface area (Å²) in [5.74, 6) is 0. The average Bonchev–Trinajstić information content (AvgIpc) is 2.13. The fraction of sp³-hybridized carbons (Fsp3) is 0.714. The van der Waals surface area contributed by atoms with E-state index in [2.05, 4.69) is 25.9 Å². The Morgan fingerprint density at radius 3 is 2.06 bits per heavy atom. The van der Waals surface area contributed by atoms with E-state index < -0.39 is 6.10 Å². The Balaban J connectivity index is 3.35. The van der Waals surface area contributed by atoms with E-state index in [0.717, 1.165) is 5.57 Å². The molecule has 0 saturated carbocycles. The predicted octanol–water partition coefficient (Wildman–Crippen LogP) is 3.79. The molecule has 1 rings (SSSR count). The molecular formula is C14H23NO2. The first kappa shape index (κ1) is 14.1. The Morgan fingerprint density at radius 2 is 1.71 bits per heavy atom. The van der Waals surface area contributed by atoms with Crippen LogP contribution in [0.3, 0.4) is 0 Å². The number of nitrogens with zero attached hydrogens (tertiary/aromatic N) is 1. The van der Waals surface area contributed by atoms with Crippen molar-refractivity contribution in [1.29, 1.82) is 0 Å². The lowest BCUT2D eigenvalue weighted by atomic mass is 9.73. The normalized spacial score (nSPS) is 22.5. The lowest BCUT2D eigenvalue weighted by molar-refractivity contribution is 0.194. The van der Waals surface area contributed by atoms with Gasteiger partial charge in [-0.05, 0) is 21.6 Å². The molecule has 3 nitrogen and oxygen atoms in total. The first-order valence-electron chi connectivity index (χ1n) is 6.04. The molecule has 96 valence electrons. The predicted molar refractivity (Wildman–Crippen MR) is 70.4 cm³/mol. The largest absolute Gasteiger partial charge is 0.386 e. The second-order valence-electron chi connectivity index (χ2n) is 6.78. The van der Waals surface area contributed by atoms with Gasteiger partial charge < -0.3 is 5.11 Å². The Labute approximate surface area is 104 Å². The lowest BCUT2D eigenvalue weighted by Gasteiger charge is -2.33. The molecule has 0 spiro atoms. The van der Waals surface area contributed by atoms with Crippen molar-refractivity contribution in [3.63, 3.8) is 0 Å². The van der Waals surface area contributed by atoms with Crippen LogP contribution in [0.5, 0.6) is 0 Å². The number of rotatable bonds is 1. The van der Waals surface area contributed by atoms with Gasteiger partial charge >= 0.3 is 0 Å². The zero-order chi connectivity index (χ0) is 13.4. The quantitative estimate of drug-likeness (QED) is 0.705. The molecule has 1 aliphatic carbocycles. The van der Waals surface area contributed by atoms with E-state index in [1.165, 1.54) is 5.57 Å². The van der Waals surface area contributed by atoms with E-state index in [4.69, 9.17) is 0 Å². The van der Waals surface area contributed by atoms with Crippen LogP contribution in [0.25, 0.3) is 0 Å². The smallest absolute Gasteiger partial charge is 0.117 e. The summed E-state index contributed by atoms with van der Waals surface area (Å²) in [4.78, 5) is 10.9. The molecule has 1 N–H and O–H groups in total. The van der Waals surface area contributed by atoms with Crippen molar-refractivity contribution in [2.45, 2.75) is 54.1 Å². The maximum absolute atomic E-state index is 10.9. The van der Waals surface area contributed by atoms with Gasteiger partial charge in [-0.2, -0.15) is 0 Å². The Morgan fingerprint density at radius 1 is 1.18 bits per heavy atom. The Hall–Kier alpha value is -0.960. The zero-order valence-electron chi connectivity index (χ0n) is 11.7. The number of aliphatic hydroxyl groups excluding tert-OH is 1. The van der Waals surface area contributed by atoms with Gasteiger partial charge in [-0.25, -0.2) is 0 Å². The van der Waals surface area contributed by atoms with Crippen LogP contribution in [0.1, 0.15) is 48.0 Å². The van der Waals surface area contributed by atoms with Crippen molar-refractivity contribution in [2.24, 2.45) is 16.0 Å². The molecule has 0 fully saturated rings. The zero-order valence-corrected chi connectivity index (χ0v) is 11.7. The van der Waals surface area contributed by atoms with Gasteiger partial charge in [-0.15, -0.1) is 4.91 Å². The molecule has 0 saturated heterocycles. The van der Waals surface area contributed by atoms with Crippen molar-refractivity contribution in [1.82, 2.24) is 0 Å². The number of allylic oxidation sites excluding steroid dienone is 2. The second kappa shape index (κ2) is 4.37. The molecule has 17 heavy (non-hydrogen) atoms. The maximum atomic E-state index is 10.9. The van der Waals surface area contributed by atoms with Gasteiger partial charge in [0, 0.05) is 6.42 Å². The second-order valence-corrected chi connectivity index (χ2v) is 6.78. The van der Waals surface area contributed by atoms with Gasteiger partial charge in [-0.3, -0.25) is 0 Å². The summed E-state index contributed by atoms with van der Waals surface area (Å²) in [5, 5.41) is 13.1. The molecule has 0 aromatic carbocycles. The van der Waals surface area contributed by atoms with E-state index in [9.17, 15) is 10.0 Å². The van der Waals surface area contributed by atoms with Crippen molar-refractivity contribution in [2.75, 3.05) is 0 Å². The van der Waals surface area contributed by atoms with Gasteiger partial charge in [0.05, 0.1) is 0 Å². The maximum Gasteiger partial charge on any atom is 0.117 e. The van der Waals surface area contributed by atoms with Crippen LogP contribution >= 0.6 is 0 Å². The van der Waals surface area contributed by atoms with Gasteiger partial charge in [0.25, 0.3) is 0 Å².